The van der Waals surface area contributed by atoms with Crippen molar-refractivity contribution in [2.45, 2.75) is 0 Å². The molecule has 0 unspecified atom stereocenters. The van der Waals surface area contributed by atoms with Crippen LogP contribution in [0.3, 0.4) is 0 Å². The summed E-state index contributed by atoms with van der Waals surface area (Å²) in [6.45, 7) is -0.167. The number of rotatable bonds is 3. The Bertz CT molecular complexity index is 173. The van der Waals surface area contributed by atoms with E-state index in [-0.39, 0.29) is 48.8 Å². The van der Waals surface area contributed by atoms with E-state index < -0.39 is 17.7 Å². The van der Waals surface area contributed by atoms with Crippen molar-refractivity contribution in [2.24, 2.45) is 34.4 Å². The first-order valence-electron chi connectivity index (χ1n) is 3.76. The number of amides is 3. The summed E-state index contributed by atoms with van der Waals surface area (Å²) in [6, 6.07) is 0. The molecule has 9 nitrogen and oxygen atoms in total. The molecule has 0 spiro atoms. The van der Waals surface area contributed by atoms with Crippen LogP contribution >= 0.6 is 12.4 Å². The van der Waals surface area contributed by atoms with Crippen LogP contribution in [0.15, 0.2) is 0 Å². The first-order valence-corrected chi connectivity index (χ1v) is 3.76. The van der Waals surface area contributed by atoms with E-state index >= 15 is 0 Å². The molecule has 3 amide bonds. The van der Waals surface area contributed by atoms with Gasteiger partial charge in [0.25, 0.3) is 0 Å². The normalized spacial score (nSPS) is 6.53. The SMILES string of the molecule is Cl.NCC(N)=O.NCC(N)=O.NCC(N)=O.[Co]. The molecule has 11 heteroatoms. The van der Waals surface area contributed by atoms with Gasteiger partial charge in [-0.15, -0.1) is 12.4 Å². The number of primary amides is 3. The third-order valence-electron chi connectivity index (χ3n) is 0.604. The molecule has 107 valence electrons. The third kappa shape index (κ3) is 99.9. The molecule has 1 radical (unpaired) electrons. The van der Waals surface area contributed by atoms with Crippen molar-refractivity contribution < 1.29 is 31.2 Å². The van der Waals surface area contributed by atoms with E-state index in [1.54, 1.807) is 0 Å². The summed E-state index contributed by atoms with van der Waals surface area (Å²) in [4.78, 5) is 28.4. The molecule has 0 aliphatic carbocycles. The molecule has 12 N–H and O–H groups in total. The molecule has 0 heterocycles. The van der Waals surface area contributed by atoms with Gasteiger partial charge in [-0.05, 0) is 0 Å². The molecular formula is C6H19ClCoN6O3. The van der Waals surface area contributed by atoms with Crippen LogP contribution in [-0.2, 0) is 31.2 Å². The predicted molar refractivity (Wildman–Crippen MR) is 62.0 cm³/mol. The van der Waals surface area contributed by atoms with Crippen LogP contribution in [0.5, 0.6) is 0 Å². The van der Waals surface area contributed by atoms with Crippen molar-refractivity contribution in [2.75, 3.05) is 19.6 Å². The minimum Gasteiger partial charge on any atom is -0.369 e. The van der Waals surface area contributed by atoms with E-state index in [2.05, 4.69) is 17.2 Å². The second-order valence-corrected chi connectivity index (χ2v) is 2.01. The fourth-order valence-corrected chi connectivity index (χ4v) is 0. The van der Waals surface area contributed by atoms with E-state index in [0.717, 1.165) is 0 Å². The molecule has 0 saturated heterocycles. The number of hydrogen-bond donors (Lipinski definition) is 6. The van der Waals surface area contributed by atoms with Gasteiger partial charge in [0.05, 0.1) is 19.6 Å². The van der Waals surface area contributed by atoms with Gasteiger partial charge >= 0.3 is 0 Å². The van der Waals surface area contributed by atoms with Gasteiger partial charge in [0.2, 0.25) is 17.7 Å². The fourth-order valence-electron chi connectivity index (χ4n) is 0. The van der Waals surface area contributed by atoms with Crippen molar-refractivity contribution in [3.8, 4) is 0 Å². The second kappa shape index (κ2) is 24.4. The van der Waals surface area contributed by atoms with Gasteiger partial charge in [0.15, 0.2) is 0 Å². The van der Waals surface area contributed by atoms with E-state index in [1.165, 1.54) is 0 Å². The van der Waals surface area contributed by atoms with Crippen LogP contribution in [0.4, 0.5) is 0 Å². The molecule has 0 bridgehead atoms. The smallest absolute Gasteiger partial charge is 0.231 e. The maximum Gasteiger partial charge on any atom is 0.231 e. The Kier molecular flexibility index (Phi) is 42.7. The van der Waals surface area contributed by atoms with Crippen molar-refractivity contribution in [3.05, 3.63) is 0 Å². The molecule has 0 saturated carbocycles. The quantitative estimate of drug-likeness (QED) is 0.303. The molecule has 0 fully saturated rings. The average Bonchev–Trinajstić information content (AvgIpc) is 2.19. The van der Waals surface area contributed by atoms with E-state index in [0.29, 0.717) is 0 Å². The Morgan fingerprint density at radius 1 is 0.647 bits per heavy atom. The van der Waals surface area contributed by atoms with E-state index in [9.17, 15) is 14.4 Å². The van der Waals surface area contributed by atoms with Crippen molar-refractivity contribution in [1.82, 2.24) is 0 Å². The van der Waals surface area contributed by atoms with Gasteiger partial charge in [-0.2, -0.15) is 0 Å². The molecular weight excluding hydrogens is 298 g/mol. The molecule has 0 rings (SSSR count). The van der Waals surface area contributed by atoms with Gasteiger partial charge in [-0.1, -0.05) is 0 Å². The Morgan fingerprint density at radius 3 is 0.706 bits per heavy atom. The molecule has 0 atom stereocenters. The van der Waals surface area contributed by atoms with Crippen LogP contribution in [-0.4, -0.2) is 37.4 Å². The summed E-state index contributed by atoms with van der Waals surface area (Å²) in [5, 5.41) is 0. The summed E-state index contributed by atoms with van der Waals surface area (Å²) in [6.07, 6.45) is 0. The number of carbonyl (C=O) groups excluding carboxylic acids is 3. The van der Waals surface area contributed by atoms with Crippen LogP contribution in [0.2, 0.25) is 0 Å². The standard InChI is InChI=1S/3C2H6N2O.ClH.Co/c3*3-1-2(4)5;;/h3*1,3H2,(H2,4,5);1H;. The van der Waals surface area contributed by atoms with Crippen molar-refractivity contribution in [3.63, 3.8) is 0 Å². The van der Waals surface area contributed by atoms with Crippen molar-refractivity contribution in [1.29, 1.82) is 0 Å². The zero-order valence-electron chi connectivity index (χ0n) is 9.05. The summed E-state index contributed by atoms with van der Waals surface area (Å²) >= 11 is 0. The van der Waals surface area contributed by atoms with Crippen LogP contribution in [0, 0.1) is 0 Å². The van der Waals surface area contributed by atoms with Crippen molar-refractivity contribution >= 4 is 30.1 Å². The molecule has 0 aromatic carbocycles. The number of nitrogens with two attached hydrogens (primary N) is 6. The third-order valence-corrected chi connectivity index (χ3v) is 0.604. The van der Waals surface area contributed by atoms with Gasteiger partial charge in [0, 0.05) is 16.8 Å². The number of hydrogen-bond acceptors (Lipinski definition) is 6. The Labute approximate surface area is 116 Å². The summed E-state index contributed by atoms with van der Waals surface area (Å²) < 4.78 is 0. The predicted octanol–water partition coefficient (Wildman–Crippen LogP) is -4.29. The maximum atomic E-state index is 9.47. The monoisotopic (exact) mass is 317 g/mol. The Hall–Kier alpha value is -0.914. The average molecular weight is 318 g/mol. The second-order valence-electron chi connectivity index (χ2n) is 2.01. The largest absolute Gasteiger partial charge is 0.369 e. The summed E-state index contributed by atoms with van der Waals surface area (Å²) in [5.74, 6) is -1.40. The zero-order valence-corrected chi connectivity index (χ0v) is 10.9. The first kappa shape index (κ1) is 29.8. The fraction of sp³-hybridized carbons (Fsp3) is 0.500. The van der Waals surface area contributed by atoms with Crippen LogP contribution in [0.25, 0.3) is 0 Å². The number of carbonyl (C=O) groups is 3. The van der Waals surface area contributed by atoms with Crippen LogP contribution in [0.1, 0.15) is 0 Å². The minimum absolute atomic E-state index is 0. The summed E-state index contributed by atoms with van der Waals surface area (Å²) in [7, 11) is 0. The first-order chi connectivity index (χ1) is 6.81. The maximum absolute atomic E-state index is 9.47. The Balaban J connectivity index is -0.0000000400. The van der Waals surface area contributed by atoms with Gasteiger partial charge in [-0.3, -0.25) is 14.4 Å². The summed E-state index contributed by atoms with van der Waals surface area (Å²) in [5.41, 5.74) is 27.7. The molecule has 0 aliphatic rings. The van der Waals surface area contributed by atoms with Crippen LogP contribution < -0.4 is 34.4 Å². The minimum atomic E-state index is -0.468. The molecule has 0 aromatic rings. The van der Waals surface area contributed by atoms with Gasteiger partial charge < -0.3 is 34.4 Å². The van der Waals surface area contributed by atoms with E-state index in [4.69, 9.17) is 17.2 Å². The topological polar surface area (TPSA) is 207 Å². The van der Waals surface area contributed by atoms with Gasteiger partial charge in [-0.25, -0.2) is 0 Å². The molecule has 17 heavy (non-hydrogen) atoms. The Morgan fingerprint density at radius 2 is 0.706 bits per heavy atom. The zero-order chi connectivity index (χ0) is 12.9. The van der Waals surface area contributed by atoms with E-state index in [1.807, 2.05) is 0 Å². The molecule has 0 aromatic heterocycles. The van der Waals surface area contributed by atoms with Gasteiger partial charge in [0.1, 0.15) is 0 Å². The molecule has 0 aliphatic heterocycles. The number of halogens is 1.